The summed E-state index contributed by atoms with van der Waals surface area (Å²) in [5.41, 5.74) is 1.77. The van der Waals surface area contributed by atoms with Crippen LogP contribution in [0, 0.1) is 11.6 Å². The van der Waals surface area contributed by atoms with Crippen molar-refractivity contribution in [2.75, 3.05) is 72.2 Å². The standard InChI is InChI=1S/2C21H26FN3O6/c2*1-10-8-24(9-11(2)29-10)17-14(20-27-5-6-28-20)7-15-18(16(17)22)31-23-19(15)25-12(3)13(4)30-21(25)26/h2*7,10-13,20H,5-6,8-9H2,1-4H3/t10-,11-,12+,13-;10-,11-,12-,13+/m11/s1. The third-order valence-electron chi connectivity index (χ3n) is 12.2. The van der Waals surface area contributed by atoms with E-state index in [1.54, 1.807) is 26.0 Å². The zero-order chi connectivity index (χ0) is 43.7. The number of morpholine rings is 2. The quantitative estimate of drug-likeness (QED) is 0.200. The lowest BCUT2D eigenvalue weighted by Gasteiger charge is -2.38. The van der Waals surface area contributed by atoms with Crippen LogP contribution in [0.15, 0.2) is 21.2 Å². The number of fused-ring (bicyclic) bond motifs is 2. The second-order valence-electron chi connectivity index (χ2n) is 16.9. The molecule has 6 fully saturated rings. The monoisotopic (exact) mass is 870 g/mol. The van der Waals surface area contributed by atoms with Gasteiger partial charge in [0.25, 0.3) is 0 Å². The van der Waals surface area contributed by atoms with Crippen molar-refractivity contribution < 1.29 is 65.3 Å². The van der Waals surface area contributed by atoms with Gasteiger partial charge in [0, 0.05) is 37.3 Å². The lowest BCUT2D eigenvalue weighted by molar-refractivity contribution is -0.0446. The highest BCUT2D eigenvalue weighted by Crippen LogP contribution is 2.45. The van der Waals surface area contributed by atoms with Crippen LogP contribution in [0.3, 0.4) is 0 Å². The molecule has 4 aromatic rings. The third-order valence-corrected chi connectivity index (χ3v) is 12.2. The first kappa shape index (κ1) is 42.4. The van der Waals surface area contributed by atoms with Crippen molar-refractivity contribution in [2.24, 2.45) is 0 Å². The number of carbonyl (C=O) groups is 2. The van der Waals surface area contributed by atoms with Gasteiger partial charge in [-0.05, 0) is 67.5 Å². The Morgan fingerprint density at radius 1 is 0.548 bits per heavy atom. The van der Waals surface area contributed by atoms with Crippen LogP contribution >= 0.6 is 0 Å². The highest BCUT2D eigenvalue weighted by molar-refractivity contribution is 6.02. The van der Waals surface area contributed by atoms with Crippen LogP contribution in [0.25, 0.3) is 21.9 Å². The Balaban J connectivity index is 0.000000158. The van der Waals surface area contributed by atoms with E-state index in [1.807, 2.05) is 51.3 Å². The predicted octanol–water partition coefficient (Wildman–Crippen LogP) is 6.72. The Kier molecular flexibility index (Phi) is 11.4. The number of amides is 2. The number of halogens is 2. The van der Waals surface area contributed by atoms with Crippen LogP contribution < -0.4 is 19.6 Å². The summed E-state index contributed by atoms with van der Waals surface area (Å²) in [5, 5.41) is 8.84. The van der Waals surface area contributed by atoms with E-state index in [1.165, 1.54) is 9.80 Å². The number of benzene rings is 2. The number of ether oxygens (including phenoxy) is 8. The van der Waals surface area contributed by atoms with E-state index in [-0.39, 0.29) is 71.5 Å². The van der Waals surface area contributed by atoms with Gasteiger partial charge >= 0.3 is 12.2 Å². The Bertz CT molecular complexity index is 2150. The molecule has 18 nitrogen and oxygen atoms in total. The molecule has 2 amide bonds. The van der Waals surface area contributed by atoms with Crippen molar-refractivity contribution in [3.63, 3.8) is 0 Å². The largest absolute Gasteiger partial charge is 0.444 e. The summed E-state index contributed by atoms with van der Waals surface area (Å²) in [6.07, 6.45) is -3.41. The molecule has 0 bridgehead atoms. The minimum atomic E-state index is -0.716. The second-order valence-corrected chi connectivity index (χ2v) is 16.9. The lowest BCUT2D eigenvalue weighted by Crippen LogP contribution is -2.46. The Morgan fingerprint density at radius 2 is 0.887 bits per heavy atom. The normalized spacial score (nSPS) is 29.9. The maximum absolute atomic E-state index is 15.9. The van der Waals surface area contributed by atoms with Gasteiger partial charge in [-0.2, -0.15) is 0 Å². The summed E-state index contributed by atoms with van der Waals surface area (Å²) in [4.78, 5) is 31.5. The highest BCUT2D eigenvalue weighted by Gasteiger charge is 2.43. The van der Waals surface area contributed by atoms with Crippen molar-refractivity contribution in [1.29, 1.82) is 0 Å². The number of anilines is 4. The topological polar surface area (TPSA) is 173 Å². The maximum atomic E-state index is 15.9. The van der Waals surface area contributed by atoms with E-state index in [0.29, 0.717) is 85.9 Å². The SMILES string of the molecule is C[C@@H]1CN(c2c(C3OCCO3)cc3c(N4C(=O)O[C@@H](C)[C@H]4C)noc3c2F)C[C@@H](C)O1.C[C@@H]1CN(c2c(C3OCCO3)cc3c(N4C(=O)O[C@H](C)[C@@H]4C)noc3c2F)C[C@@H](C)O1. The molecule has 62 heavy (non-hydrogen) atoms. The first-order valence-electron chi connectivity index (χ1n) is 21.2. The minimum Gasteiger partial charge on any atom is -0.444 e. The molecule has 0 unspecified atom stereocenters. The zero-order valence-electron chi connectivity index (χ0n) is 35.9. The van der Waals surface area contributed by atoms with Gasteiger partial charge < -0.3 is 56.7 Å². The molecule has 6 saturated heterocycles. The van der Waals surface area contributed by atoms with Crippen molar-refractivity contribution in [3.05, 3.63) is 34.9 Å². The summed E-state index contributed by atoms with van der Waals surface area (Å²) < 4.78 is 87.8. The van der Waals surface area contributed by atoms with E-state index < -0.39 is 36.4 Å². The summed E-state index contributed by atoms with van der Waals surface area (Å²) in [6.45, 7) is 18.9. The van der Waals surface area contributed by atoms with Crippen LogP contribution in [0.1, 0.15) is 79.1 Å². The molecule has 6 aliphatic heterocycles. The van der Waals surface area contributed by atoms with Crippen LogP contribution in [0.4, 0.5) is 41.4 Å². The van der Waals surface area contributed by atoms with Crippen LogP contribution in [0.2, 0.25) is 0 Å². The third kappa shape index (κ3) is 7.47. The smallest absolute Gasteiger partial charge is 0.416 e. The van der Waals surface area contributed by atoms with Gasteiger partial charge in [0.2, 0.25) is 11.2 Å². The van der Waals surface area contributed by atoms with E-state index >= 15 is 8.78 Å². The highest BCUT2D eigenvalue weighted by atomic mass is 19.1. The number of hydrogen-bond acceptors (Lipinski definition) is 16. The summed E-state index contributed by atoms with van der Waals surface area (Å²) in [6, 6.07) is 2.96. The van der Waals surface area contributed by atoms with Crippen LogP contribution in [-0.2, 0) is 37.9 Å². The number of aromatic nitrogens is 2. The van der Waals surface area contributed by atoms with Gasteiger partial charge in [0.15, 0.2) is 35.9 Å². The minimum absolute atomic E-state index is 0.0157. The summed E-state index contributed by atoms with van der Waals surface area (Å²) in [7, 11) is 0. The number of cyclic esters (lactones) is 2. The van der Waals surface area contributed by atoms with Crippen molar-refractivity contribution >= 4 is 57.1 Å². The number of nitrogens with zero attached hydrogens (tertiary/aromatic N) is 6. The van der Waals surface area contributed by atoms with Gasteiger partial charge in [-0.3, -0.25) is 9.80 Å². The molecule has 0 aliphatic carbocycles. The number of carbonyl (C=O) groups excluding carboxylic acids is 2. The fourth-order valence-electron chi connectivity index (χ4n) is 9.16. The summed E-state index contributed by atoms with van der Waals surface area (Å²) in [5.74, 6) is -0.657. The average Bonchev–Trinajstić information content (AvgIpc) is 4.08. The van der Waals surface area contributed by atoms with E-state index in [9.17, 15) is 9.59 Å². The molecular formula is C42H52F2N6O12. The van der Waals surface area contributed by atoms with Gasteiger partial charge in [-0.15, -0.1) is 0 Å². The van der Waals surface area contributed by atoms with Gasteiger partial charge in [0.1, 0.15) is 12.2 Å². The lowest BCUT2D eigenvalue weighted by atomic mass is 10.0. The molecule has 6 aliphatic rings. The van der Waals surface area contributed by atoms with Gasteiger partial charge in [-0.25, -0.2) is 18.4 Å². The fraction of sp³-hybridized carbons (Fsp3) is 0.619. The molecule has 0 spiro atoms. The van der Waals surface area contributed by atoms with Crippen molar-refractivity contribution in [3.8, 4) is 0 Å². The molecule has 10 rings (SSSR count). The zero-order valence-corrected chi connectivity index (χ0v) is 35.9. The Labute approximate surface area is 356 Å². The van der Waals surface area contributed by atoms with Crippen molar-refractivity contribution in [2.45, 2.75) is 117 Å². The second kappa shape index (κ2) is 16.7. The molecule has 0 saturated carbocycles. The van der Waals surface area contributed by atoms with Crippen molar-refractivity contribution in [1.82, 2.24) is 10.3 Å². The molecule has 20 heteroatoms. The number of rotatable bonds is 6. The molecule has 8 atom stereocenters. The summed E-state index contributed by atoms with van der Waals surface area (Å²) >= 11 is 0. The molecule has 8 heterocycles. The van der Waals surface area contributed by atoms with Crippen LogP contribution in [-0.4, -0.2) is 124 Å². The van der Waals surface area contributed by atoms with Gasteiger partial charge in [-0.1, -0.05) is 10.3 Å². The first-order valence-corrected chi connectivity index (χ1v) is 21.2. The van der Waals surface area contributed by atoms with Gasteiger partial charge in [0.05, 0.1) is 85.1 Å². The Hall–Kier alpha value is -4.86. The fourth-order valence-corrected chi connectivity index (χ4v) is 9.16. The molecule has 0 radical (unpaired) electrons. The van der Waals surface area contributed by atoms with E-state index in [2.05, 4.69) is 10.3 Å². The molecule has 336 valence electrons. The maximum Gasteiger partial charge on any atom is 0.416 e. The molecule has 2 aromatic heterocycles. The average molecular weight is 871 g/mol. The first-order chi connectivity index (χ1) is 29.7. The molecule has 2 aromatic carbocycles. The Morgan fingerprint density at radius 3 is 1.19 bits per heavy atom. The molecule has 0 N–H and O–H groups in total. The van der Waals surface area contributed by atoms with E-state index in [4.69, 9.17) is 46.9 Å². The van der Waals surface area contributed by atoms with E-state index in [0.717, 1.165) is 0 Å². The van der Waals surface area contributed by atoms with Crippen LogP contribution in [0.5, 0.6) is 0 Å². The molecular weight excluding hydrogens is 818 g/mol. The number of hydrogen-bond donors (Lipinski definition) is 0. The predicted molar refractivity (Wildman–Crippen MR) is 217 cm³/mol.